The Morgan fingerprint density at radius 2 is 1.85 bits per heavy atom. The molecule has 13 heavy (non-hydrogen) atoms. The Morgan fingerprint density at radius 3 is 2.15 bits per heavy atom. The monoisotopic (exact) mass is 187 g/mol. The molecule has 1 aliphatic carbocycles. The van der Waals surface area contributed by atoms with Crippen molar-refractivity contribution in [3.8, 4) is 0 Å². The maximum atomic E-state index is 9.12. The Labute approximate surface area is 80.4 Å². The quantitative estimate of drug-likeness (QED) is 0.657. The molecule has 0 radical (unpaired) electrons. The lowest BCUT2D eigenvalue weighted by Crippen LogP contribution is -2.45. The average Bonchev–Trinajstić information content (AvgIpc) is 2.01. The van der Waals surface area contributed by atoms with E-state index in [0.29, 0.717) is 6.04 Å². The molecule has 0 aromatic carbocycles. The standard InChI is InChI=1S/C10H21NO2/c1-10(7-12,8-13)6-11(2)9-4-3-5-9/h9,12-13H,3-8H2,1-2H3. The lowest BCUT2D eigenvalue weighted by Gasteiger charge is -2.39. The predicted octanol–water partition coefficient (Wildman–Crippen LogP) is 0.462. The van der Waals surface area contributed by atoms with Crippen molar-refractivity contribution in [3.63, 3.8) is 0 Å². The fourth-order valence-corrected chi connectivity index (χ4v) is 1.71. The molecule has 1 fully saturated rings. The Kier molecular flexibility index (Phi) is 3.71. The van der Waals surface area contributed by atoms with E-state index in [-0.39, 0.29) is 18.6 Å². The molecule has 78 valence electrons. The van der Waals surface area contributed by atoms with E-state index in [1.807, 2.05) is 6.92 Å². The Bertz CT molecular complexity index is 153. The van der Waals surface area contributed by atoms with Crippen LogP contribution in [0.4, 0.5) is 0 Å². The molecule has 0 spiro atoms. The minimum Gasteiger partial charge on any atom is -0.396 e. The SMILES string of the molecule is CN(CC(C)(CO)CO)C1CCC1. The summed E-state index contributed by atoms with van der Waals surface area (Å²) in [5.41, 5.74) is -0.343. The summed E-state index contributed by atoms with van der Waals surface area (Å²) in [6.07, 6.45) is 3.86. The van der Waals surface area contributed by atoms with Gasteiger partial charge in [0.2, 0.25) is 0 Å². The number of aliphatic hydroxyl groups is 2. The Balaban J connectivity index is 2.35. The van der Waals surface area contributed by atoms with Gasteiger partial charge in [-0.1, -0.05) is 13.3 Å². The highest BCUT2D eigenvalue weighted by atomic mass is 16.3. The zero-order valence-corrected chi connectivity index (χ0v) is 8.66. The van der Waals surface area contributed by atoms with Crippen molar-refractivity contribution in [3.05, 3.63) is 0 Å². The first-order valence-electron chi connectivity index (χ1n) is 5.03. The maximum absolute atomic E-state index is 9.12. The summed E-state index contributed by atoms with van der Waals surface area (Å²) in [5.74, 6) is 0. The second-order valence-corrected chi connectivity index (χ2v) is 4.63. The van der Waals surface area contributed by atoms with Gasteiger partial charge < -0.3 is 15.1 Å². The third-order valence-electron chi connectivity index (χ3n) is 3.09. The van der Waals surface area contributed by atoms with Crippen molar-refractivity contribution in [2.24, 2.45) is 5.41 Å². The van der Waals surface area contributed by atoms with Crippen LogP contribution in [0.15, 0.2) is 0 Å². The fraction of sp³-hybridized carbons (Fsp3) is 1.00. The minimum atomic E-state index is -0.343. The molecule has 0 unspecified atom stereocenters. The van der Waals surface area contributed by atoms with Crippen molar-refractivity contribution in [1.82, 2.24) is 4.90 Å². The van der Waals surface area contributed by atoms with E-state index in [0.717, 1.165) is 6.54 Å². The number of hydrogen-bond acceptors (Lipinski definition) is 3. The van der Waals surface area contributed by atoms with Crippen molar-refractivity contribution >= 4 is 0 Å². The smallest absolute Gasteiger partial charge is 0.0519 e. The van der Waals surface area contributed by atoms with E-state index in [9.17, 15) is 0 Å². The van der Waals surface area contributed by atoms with Gasteiger partial charge in [-0.3, -0.25) is 0 Å². The highest BCUT2D eigenvalue weighted by Gasteiger charge is 2.29. The molecule has 0 aromatic heterocycles. The first-order chi connectivity index (χ1) is 6.11. The molecule has 0 bridgehead atoms. The van der Waals surface area contributed by atoms with Crippen molar-refractivity contribution in [1.29, 1.82) is 0 Å². The van der Waals surface area contributed by atoms with Crippen LogP contribution in [0.3, 0.4) is 0 Å². The molecule has 0 aliphatic heterocycles. The third-order valence-corrected chi connectivity index (χ3v) is 3.09. The van der Waals surface area contributed by atoms with Crippen LogP contribution in [-0.2, 0) is 0 Å². The summed E-state index contributed by atoms with van der Waals surface area (Å²) in [6, 6.07) is 0.678. The van der Waals surface area contributed by atoms with Crippen LogP contribution in [0, 0.1) is 5.41 Å². The average molecular weight is 187 g/mol. The van der Waals surface area contributed by atoms with Gasteiger partial charge in [0.15, 0.2) is 0 Å². The van der Waals surface area contributed by atoms with Crippen LogP contribution in [0.2, 0.25) is 0 Å². The van der Waals surface area contributed by atoms with Gasteiger partial charge in [0.25, 0.3) is 0 Å². The summed E-state index contributed by atoms with van der Waals surface area (Å²) >= 11 is 0. The molecule has 1 saturated carbocycles. The van der Waals surface area contributed by atoms with Gasteiger partial charge in [0, 0.05) is 18.0 Å². The Hall–Kier alpha value is -0.120. The minimum absolute atomic E-state index is 0.0561. The van der Waals surface area contributed by atoms with Gasteiger partial charge in [-0.25, -0.2) is 0 Å². The molecule has 0 saturated heterocycles. The molecule has 1 rings (SSSR count). The van der Waals surface area contributed by atoms with E-state index in [4.69, 9.17) is 10.2 Å². The summed E-state index contributed by atoms with van der Waals surface area (Å²) in [4.78, 5) is 2.26. The van der Waals surface area contributed by atoms with Crippen LogP contribution < -0.4 is 0 Å². The van der Waals surface area contributed by atoms with E-state index in [1.54, 1.807) is 0 Å². The maximum Gasteiger partial charge on any atom is 0.0519 e. The molecule has 0 heterocycles. The van der Waals surface area contributed by atoms with Crippen LogP contribution in [0.25, 0.3) is 0 Å². The van der Waals surface area contributed by atoms with Crippen molar-refractivity contribution in [2.75, 3.05) is 26.8 Å². The van der Waals surface area contributed by atoms with Gasteiger partial charge in [0.1, 0.15) is 0 Å². The van der Waals surface area contributed by atoms with Gasteiger partial charge in [-0.15, -0.1) is 0 Å². The van der Waals surface area contributed by atoms with Crippen molar-refractivity contribution < 1.29 is 10.2 Å². The largest absolute Gasteiger partial charge is 0.396 e. The summed E-state index contributed by atoms with van der Waals surface area (Å²) < 4.78 is 0. The van der Waals surface area contributed by atoms with Crippen molar-refractivity contribution in [2.45, 2.75) is 32.2 Å². The molecule has 3 heteroatoms. The van der Waals surface area contributed by atoms with Crippen LogP contribution in [0.5, 0.6) is 0 Å². The van der Waals surface area contributed by atoms with E-state index in [1.165, 1.54) is 19.3 Å². The summed E-state index contributed by atoms with van der Waals surface area (Å²) in [6.45, 7) is 2.81. The predicted molar refractivity (Wildman–Crippen MR) is 52.5 cm³/mol. The molecule has 3 nitrogen and oxygen atoms in total. The topological polar surface area (TPSA) is 43.7 Å². The second kappa shape index (κ2) is 4.40. The fourth-order valence-electron chi connectivity index (χ4n) is 1.71. The number of nitrogens with zero attached hydrogens (tertiary/aromatic N) is 1. The van der Waals surface area contributed by atoms with Crippen LogP contribution in [0.1, 0.15) is 26.2 Å². The first-order valence-corrected chi connectivity index (χ1v) is 5.03. The molecule has 0 amide bonds. The summed E-state index contributed by atoms with van der Waals surface area (Å²) in [5, 5.41) is 18.2. The van der Waals surface area contributed by atoms with E-state index < -0.39 is 0 Å². The number of aliphatic hydroxyl groups excluding tert-OH is 2. The zero-order chi connectivity index (χ0) is 9.90. The van der Waals surface area contributed by atoms with Gasteiger partial charge in [-0.05, 0) is 19.9 Å². The molecular formula is C10H21NO2. The summed E-state index contributed by atoms with van der Waals surface area (Å²) in [7, 11) is 2.08. The zero-order valence-electron chi connectivity index (χ0n) is 8.66. The third kappa shape index (κ3) is 2.66. The highest BCUT2D eigenvalue weighted by molar-refractivity contribution is 4.83. The molecule has 2 N–H and O–H groups in total. The van der Waals surface area contributed by atoms with Crippen LogP contribution >= 0.6 is 0 Å². The number of hydrogen-bond donors (Lipinski definition) is 2. The van der Waals surface area contributed by atoms with E-state index in [2.05, 4.69) is 11.9 Å². The van der Waals surface area contributed by atoms with Gasteiger partial charge >= 0.3 is 0 Å². The highest BCUT2D eigenvalue weighted by Crippen LogP contribution is 2.26. The number of rotatable bonds is 5. The van der Waals surface area contributed by atoms with Gasteiger partial charge in [0.05, 0.1) is 13.2 Å². The lowest BCUT2D eigenvalue weighted by molar-refractivity contribution is 0.0190. The van der Waals surface area contributed by atoms with Gasteiger partial charge in [-0.2, -0.15) is 0 Å². The molecular weight excluding hydrogens is 166 g/mol. The first kappa shape index (κ1) is 11.0. The Morgan fingerprint density at radius 1 is 1.31 bits per heavy atom. The lowest BCUT2D eigenvalue weighted by atomic mass is 9.87. The van der Waals surface area contributed by atoms with E-state index >= 15 is 0 Å². The molecule has 1 aliphatic rings. The molecule has 0 aromatic rings. The molecule has 0 atom stereocenters. The second-order valence-electron chi connectivity index (χ2n) is 4.63. The normalized spacial score (nSPS) is 19.2. The van der Waals surface area contributed by atoms with Crippen LogP contribution in [-0.4, -0.2) is 48.0 Å².